The molecule has 2 aromatic carbocycles. The van der Waals surface area contributed by atoms with Crippen LogP contribution in [0.1, 0.15) is 47.4 Å². The fourth-order valence-electron chi connectivity index (χ4n) is 2.57. The average Bonchev–Trinajstić information content (AvgIpc) is 2.77. The SMILES string of the molecule is CCOC(=O)c1ccc(NC(=O)COC(=O)CCC(=O)Nc2cccc(C(C)=O)c2)cc1. The van der Waals surface area contributed by atoms with Gasteiger partial charge in [0.2, 0.25) is 5.91 Å². The van der Waals surface area contributed by atoms with Crippen molar-refractivity contribution in [2.24, 2.45) is 0 Å². The molecule has 0 saturated heterocycles. The molecular weight excluding hydrogens is 416 g/mol. The van der Waals surface area contributed by atoms with Gasteiger partial charge < -0.3 is 20.1 Å². The van der Waals surface area contributed by atoms with Gasteiger partial charge >= 0.3 is 11.9 Å². The van der Waals surface area contributed by atoms with Crippen LogP contribution >= 0.6 is 0 Å². The first-order valence-corrected chi connectivity index (χ1v) is 9.92. The van der Waals surface area contributed by atoms with E-state index in [0.29, 0.717) is 22.5 Å². The van der Waals surface area contributed by atoms with Crippen molar-refractivity contribution in [3.63, 3.8) is 0 Å². The van der Waals surface area contributed by atoms with E-state index in [9.17, 15) is 24.0 Å². The molecule has 0 spiro atoms. The molecule has 168 valence electrons. The molecule has 9 heteroatoms. The van der Waals surface area contributed by atoms with Crippen LogP contribution in [0.3, 0.4) is 0 Å². The number of hydrogen-bond donors (Lipinski definition) is 2. The zero-order chi connectivity index (χ0) is 23.5. The fraction of sp³-hybridized carbons (Fsp3) is 0.261. The van der Waals surface area contributed by atoms with Crippen LogP contribution < -0.4 is 10.6 Å². The molecule has 0 aliphatic rings. The van der Waals surface area contributed by atoms with Crippen LogP contribution in [0.2, 0.25) is 0 Å². The van der Waals surface area contributed by atoms with E-state index in [1.807, 2.05) is 0 Å². The summed E-state index contributed by atoms with van der Waals surface area (Å²) in [6, 6.07) is 12.5. The molecule has 2 N–H and O–H groups in total. The van der Waals surface area contributed by atoms with Crippen molar-refractivity contribution >= 4 is 40.9 Å². The topological polar surface area (TPSA) is 128 Å². The van der Waals surface area contributed by atoms with Crippen LogP contribution in [0.4, 0.5) is 11.4 Å². The Hall–Kier alpha value is -4.01. The summed E-state index contributed by atoms with van der Waals surface area (Å²) in [7, 11) is 0. The third-order valence-corrected chi connectivity index (χ3v) is 4.15. The van der Waals surface area contributed by atoms with E-state index < -0.39 is 30.4 Å². The van der Waals surface area contributed by atoms with E-state index in [-0.39, 0.29) is 25.2 Å². The van der Waals surface area contributed by atoms with Gasteiger partial charge in [0.25, 0.3) is 5.91 Å². The molecular formula is C23H24N2O7. The zero-order valence-electron chi connectivity index (χ0n) is 17.8. The van der Waals surface area contributed by atoms with E-state index in [0.717, 1.165) is 0 Å². The number of rotatable bonds is 10. The lowest BCUT2D eigenvalue weighted by atomic mass is 10.1. The van der Waals surface area contributed by atoms with E-state index in [2.05, 4.69) is 10.6 Å². The number of ketones is 1. The van der Waals surface area contributed by atoms with Gasteiger partial charge in [-0.15, -0.1) is 0 Å². The number of Topliss-reactive ketones (excluding diaryl/α,β-unsaturated/α-hetero) is 1. The summed E-state index contributed by atoms with van der Waals surface area (Å²) >= 11 is 0. The lowest BCUT2D eigenvalue weighted by Gasteiger charge is -2.08. The maximum Gasteiger partial charge on any atom is 0.338 e. The summed E-state index contributed by atoms with van der Waals surface area (Å²) in [5.74, 6) is -2.28. The van der Waals surface area contributed by atoms with Crippen molar-refractivity contribution < 1.29 is 33.4 Å². The average molecular weight is 440 g/mol. The highest BCUT2D eigenvalue weighted by Gasteiger charge is 2.12. The van der Waals surface area contributed by atoms with Gasteiger partial charge in [-0.25, -0.2) is 4.79 Å². The van der Waals surface area contributed by atoms with E-state index >= 15 is 0 Å². The van der Waals surface area contributed by atoms with Crippen molar-refractivity contribution in [2.45, 2.75) is 26.7 Å². The Morgan fingerprint density at radius 2 is 1.47 bits per heavy atom. The monoisotopic (exact) mass is 440 g/mol. The van der Waals surface area contributed by atoms with Crippen LogP contribution in [0, 0.1) is 0 Å². The van der Waals surface area contributed by atoms with Gasteiger partial charge in [0.15, 0.2) is 12.4 Å². The van der Waals surface area contributed by atoms with Gasteiger partial charge in [0.1, 0.15) is 0 Å². The summed E-state index contributed by atoms with van der Waals surface area (Å²) < 4.78 is 9.75. The van der Waals surface area contributed by atoms with Crippen LogP contribution in [0.15, 0.2) is 48.5 Å². The molecule has 0 saturated carbocycles. The summed E-state index contributed by atoms with van der Waals surface area (Å²) in [5.41, 5.74) is 1.68. The highest BCUT2D eigenvalue weighted by atomic mass is 16.5. The summed E-state index contributed by atoms with van der Waals surface area (Å²) in [6.07, 6.45) is -0.347. The smallest absolute Gasteiger partial charge is 0.338 e. The molecule has 0 bridgehead atoms. The van der Waals surface area contributed by atoms with E-state index in [1.165, 1.54) is 31.2 Å². The Morgan fingerprint density at radius 3 is 2.12 bits per heavy atom. The number of carbonyl (C=O) groups is 5. The van der Waals surface area contributed by atoms with Crippen LogP contribution in [0.25, 0.3) is 0 Å². The molecule has 2 aromatic rings. The maximum absolute atomic E-state index is 12.0. The minimum Gasteiger partial charge on any atom is -0.462 e. The molecule has 2 rings (SSSR count). The van der Waals surface area contributed by atoms with Crippen LogP contribution in [-0.2, 0) is 23.9 Å². The Bertz CT molecular complexity index is 1000. The number of esters is 2. The number of amides is 2. The molecule has 0 heterocycles. The highest BCUT2D eigenvalue weighted by molar-refractivity contribution is 5.98. The molecule has 0 fully saturated rings. The molecule has 0 unspecified atom stereocenters. The number of nitrogens with one attached hydrogen (secondary N) is 2. The summed E-state index contributed by atoms with van der Waals surface area (Å²) in [5, 5.41) is 5.13. The van der Waals surface area contributed by atoms with Gasteiger partial charge in [0, 0.05) is 23.4 Å². The standard InChI is InChI=1S/C23H24N2O7/c1-3-31-23(30)16-7-9-18(10-8-16)24-21(28)14-32-22(29)12-11-20(27)25-19-6-4-5-17(13-19)15(2)26/h4-10,13H,3,11-12,14H2,1-2H3,(H,24,28)(H,25,27). The lowest BCUT2D eigenvalue weighted by molar-refractivity contribution is -0.147. The first-order chi connectivity index (χ1) is 15.3. The molecule has 32 heavy (non-hydrogen) atoms. The molecule has 2 amide bonds. The number of hydrogen-bond acceptors (Lipinski definition) is 7. The van der Waals surface area contributed by atoms with Crippen molar-refractivity contribution in [2.75, 3.05) is 23.8 Å². The molecule has 0 aliphatic carbocycles. The predicted molar refractivity (Wildman–Crippen MR) is 116 cm³/mol. The highest BCUT2D eigenvalue weighted by Crippen LogP contribution is 2.12. The van der Waals surface area contributed by atoms with Crippen molar-refractivity contribution in [1.29, 1.82) is 0 Å². The van der Waals surface area contributed by atoms with Gasteiger partial charge in [-0.05, 0) is 50.2 Å². The predicted octanol–water partition coefficient (Wildman–Crippen LogP) is 2.97. The summed E-state index contributed by atoms with van der Waals surface area (Å²) in [6.45, 7) is 2.87. The second-order valence-electron chi connectivity index (χ2n) is 6.69. The third-order valence-electron chi connectivity index (χ3n) is 4.15. The molecule has 0 radical (unpaired) electrons. The van der Waals surface area contributed by atoms with Gasteiger partial charge in [-0.1, -0.05) is 12.1 Å². The first-order valence-electron chi connectivity index (χ1n) is 9.92. The number of anilines is 2. The normalized spacial score (nSPS) is 10.1. The second kappa shape index (κ2) is 12.0. The first kappa shape index (κ1) is 24.3. The Morgan fingerprint density at radius 1 is 0.781 bits per heavy atom. The molecule has 0 atom stereocenters. The Kier molecular flexibility index (Phi) is 9.09. The molecule has 9 nitrogen and oxygen atoms in total. The van der Waals surface area contributed by atoms with Gasteiger partial charge in [-0.3, -0.25) is 19.2 Å². The third kappa shape index (κ3) is 8.02. The lowest BCUT2D eigenvalue weighted by Crippen LogP contribution is -2.21. The second-order valence-corrected chi connectivity index (χ2v) is 6.69. The minimum absolute atomic E-state index is 0.127. The quantitative estimate of drug-likeness (QED) is 0.429. The van der Waals surface area contributed by atoms with E-state index in [4.69, 9.17) is 9.47 Å². The van der Waals surface area contributed by atoms with Crippen molar-refractivity contribution in [3.05, 3.63) is 59.7 Å². The number of carbonyl (C=O) groups excluding carboxylic acids is 5. The maximum atomic E-state index is 12.0. The number of benzene rings is 2. The largest absolute Gasteiger partial charge is 0.462 e. The Labute approximate surface area is 185 Å². The number of ether oxygens (including phenoxy) is 2. The summed E-state index contributed by atoms with van der Waals surface area (Å²) in [4.78, 5) is 58.7. The Balaban J connectivity index is 1.71. The van der Waals surface area contributed by atoms with Crippen molar-refractivity contribution in [3.8, 4) is 0 Å². The minimum atomic E-state index is -0.703. The molecule has 0 aliphatic heterocycles. The molecule has 0 aromatic heterocycles. The van der Waals surface area contributed by atoms with Gasteiger partial charge in [0.05, 0.1) is 18.6 Å². The van der Waals surface area contributed by atoms with E-state index in [1.54, 1.807) is 31.2 Å². The van der Waals surface area contributed by atoms with Crippen molar-refractivity contribution in [1.82, 2.24) is 0 Å². The fourth-order valence-corrected chi connectivity index (χ4v) is 2.57. The van der Waals surface area contributed by atoms with Crippen LogP contribution in [-0.4, -0.2) is 42.7 Å². The zero-order valence-corrected chi connectivity index (χ0v) is 17.8. The van der Waals surface area contributed by atoms with Crippen LogP contribution in [0.5, 0.6) is 0 Å². The van der Waals surface area contributed by atoms with Gasteiger partial charge in [-0.2, -0.15) is 0 Å².